The van der Waals surface area contributed by atoms with Gasteiger partial charge >= 0.3 is 5.97 Å². The fourth-order valence-electron chi connectivity index (χ4n) is 3.04. The molecule has 2 N–H and O–H groups in total. The molecule has 156 valence electrons. The molecule has 1 saturated carbocycles. The number of carbonyl (C=O) groups is 1. The second-order valence-corrected chi connectivity index (χ2v) is 7.86. The van der Waals surface area contributed by atoms with Crippen molar-refractivity contribution >= 4 is 11.9 Å². The SMILES string of the molecule is CN=C(NCC(=O)OC(C)(C)C)NCc1ccc(OC)cc1OC1CCCC1. The van der Waals surface area contributed by atoms with E-state index in [1.54, 1.807) is 14.2 Å². The standard InChI is InChI=1S/C21H33N3O4/c1-21(2,3)28-19(25)14-24-20(22-4)23-13-15-10-11-17(26-5)12-18(15)27-16-8-6-7-9-16/h10-12,16H,6-9,13-14H2,1-5H3,(H2,22,23,24). The number of nitrogens with zero attached hydrogens (tertiary/aromatic N) is 1. The Balaban J connectivity index is 1.94. The largest absolute Gasteiger partial charge is 0.497 e. The van der Waals surface area contributed by atoms with Crippen molar-refractivity contribution in [3.8, 4) is 11.5 Å². The highest BCUT2D eigenvalue weighted by molar-refractivity contribution is 5.84. The molecule has 0 unspecified atom stereocenters. The number of rotatable bonds is 7. The molecular formula is C21H33N3O4. The van der Waals surface area contributed by atoms with Gasteiger partial charge in [-0.2, -0.15) is 0 Å². The molecule has 1 aliphatic rings. The van der Waals surface area contributed by atoms with E-state index in [0.717, 1.165) is 29.9 Å². The number of ether oxygens (including phenoxy) is 3. The molecule has 1 aromatic rings. The number of esters is 1. The van der Waals surface area contributed by atoms with Crippen molar-refractivity contribution in [2.45, 2.75) is 64.7 Å². The summed E-state index contributed by atoms with van der Waals surface area (Å²) in [4.78, 5) is 16.0. The first-order valence-electron chi connectivity index (χ1n) is 9.80. The van der Waals surface area contributed by atoms with Crippen LogP contribution in [-0.2, 0) is 16.1 Å². The maximum Gasteiger partial charge on any atom is 0.325 e. The molecule has 0 aromatic heterocycles. The zero-order chi connectivity index (χ0) is 20.6. The van der Waals surface area contributed by atoms with Gasteiger partial charge in [-0.1, -0.05) is 0 Å². The predicted octanol–water partition coefficient (Wildman–Crippen LogP) is 3.02. The Morgan fingerprint density at radius 3 is 2.54 bits per heavy atom. The lowest BCUT2D eigenvalue weighted by molar-refractivity contribution is -0.153. The van der Waals surface area contributed by atoms with Gasteiger partial charge in [0.1, 0.15) is 23.6 Å². The Kier molecular flexibility index (Phi) is 7.96. The molecule has 7 nitrogen and oxygen atoms in total. The zero-order valence-electron chi connectivity index (χ0n) is 17.6. The Morgan fingerprint density at radius 2 is 1.93 bits per heavy atom. The van der Waals surface area contributed by atoms with Crippen molar-refractivity contribution in [3.63, 3.8) is 0 Å². The minimum absolute atomic E-state index is 0.0466. The third-order valence-electron chi connectivity index (χ3n) is 4.36. The summed E-state index contributed by atoms with van der Waals surface area (Å²) in [6, 6.07) is 5.82. The third-order valence-corrected chi connectivity index (χ3v) is 4.36. The molecule has 1 aromatic carbocycles. The molecule has 0 amide bonds. The topological polar surface area (TPSA) is 81.2 Å². The van der Waals surface area contributed by atoms with Crippen LogP contribution in [0, 0.1) is 0 Å². The molecule has 28 heavy (non-hydrogen) atoms. The monoisotopic (exact) mass is 391 g/mol. The van der Waals surface area contributed by atoms with E-state index in [1.807, 2.05) is 39.0 Å². The number of nitrogens with one attached hydrogen (secondary N) is 2. The maximum absolute atomic E-state index is 11.9. The van der Waals surface area contributed by atoms with Gasteiger partial charge in [0.15, 0.2) is 5.96 Å². The predicted molar refractivity (Wildman–Crippen MR) is 110 cm³/mol. The lowest BCUT2D eigenvalue weighted by Gasteiger charge is -2.20. The summed E-state index contributed by atoms with van der Waals surface area (Å²) in [6.07, 6.45) is 4.86. The van der Waals surface area contributed by atoms with E-state index in [2.05, 4.69) is 15.6 Å². The molecule has 0 saturated heterocycles. The van der Waals surface area contributed by atoms with Crippen LogP contribution in [0.2, 0.25) is 0 Å². The van der Waals surface area contributed by atoms with Crippen molar-refractivity contribution in [3.05, 3.63) is 23.8 Å². The van der Waals surface area contributed by atoms with Crippen LogP contribution in [0.25, 0.3) is 0 Å². The third kappa shape index (κ3) is 7.29. The summed E-state index contributed by atoms with van der Waals surface area (Å²) in [7, 11) is 3.31. The highest BCUT2D eigenvalue weighted by atomic mass is 16.6. The molecule has 0 spiro atoms. The van der Waals surface area contributed by atoms with Gasteiger partial charge in [0, 0.05) is 25.2 Å². The molecule has 0 bridgehead atoms. The normalized spacial score (nSPS) is 15.2. The maximum atomic E-state index is 11.9. The Morgan fingerprint density at radius 1 is 1.21 bits per heavy atom. The molecular weight excluding hydrogens is 358 g/mol. The number of aliphatic imine (C=N–C) groups is 1. The molecule has 0 atom stereocenters. The second-order valence-electron chi connectivity index (χ2n) is 7.86. The first-order chi connectivity index (χ1) is 13.3. The van der Waals surface area contributed by atoms with E-state index in [1.165, 1.54) is 12.8 Å². The van der Waals surface area contributed by atoms with Crippen LogP contribution in [0.4, 0.5) is 0 Å². The fraction of sp³-hybridized carbons (Fsp3) is 0.619. The van der Waals surface area contributed by atoms with Crippen molar-refractivity contribution in [2.24, 2.45) is 4.99 Å². The highest BCUT2D eigenvalue weighted by Gasteiger charge is 2.19. The molecule has 7 heteroatoms. The van der Waals surface area contributed by atoms with Gasteiger partial charge in [-0.25, -0.2) is 0 Å². The van der Waals surface area contributed by atoms with Gasteiger partial charge in [-0.3, -0.25) is 9.79 Å². The quantitative estimate of drug-likeness (QED) is 0.422. The van der Waals surface area contributed by atoms with Crippen molar-refractivity contribution < 1.29 is 19.0 Å². The Bertz CT molecular complexity index is 677. The van der Waals surface area contributed by atoms with E-state index in [4.69, 9.17) is 14.2 Å². The average Bonchev–Trinajstić information content (AvgIpc) is 3.14. The minimum Gasteiger partial charge on any atom is -0.497 e. The summed E-state index contributed by atoms with van der Waals surface area (Å²) in [5.41, 5.74) is 0.499. The van der Waals surface area contributed by atoms with Gasteiger partial charge in [0.2, 0.25) is 0 Å². The Hall–Kier alpha value is -2.44. The van der Waals surface area contributed by atoms with Gasteiger partial charge in [-0.05, 0) is 58.6 Å². The van der Waals surface area contributed by atoms with E-state index >= 15 is 0 Å². The minimum atomic E-state index is -0.509. The van der Waals surface area contributed by atoms with E-state index in [-0.39, 0.29) is 18.6 Å². The van der Waals surface area contributed by atoms with Crippen LogP contribution in [0.5, 0.6) is 11.5 Å². The van der Waals surface area contributed by atoms with Gasteiger partial charge in [-0.15, -0.1) is 0 Å². The van der Waals surface area contributed by atoms with Crippen LogP contribution >= 0.6 is 0 Å². The van der Waals surface area contributed by atoms with E-state index in [9.17, 15) is 4.79 Å². The first-order valence-corrected chi connectivity index (χ1v) is 9.80. The van der Waals surface area contributed by atoms with Gasteiger partial charge < -0.3 is 24.8 Å². The van der Waals surface area contributed by atoms with Crippen LogP contribution < -0.4 is 20.1 Å². The lowest BCUT2D eigenvalue weighted by Crippen LogP contribution is -2.41. The van der Waals surface area contributed by atoms with Gasteiger partial charge in [0.05, 0.1) is 13.2 Å². The van der Waals surface area contributed by atoms with Crippen LogP contribution in [0.1, 0.15) is 52.0 Å². The first kappa shape index (κ1) is 21.9. The number of methoxy groups -OCH3 is 1. The van der Waals surface area contributed by atoms with Crippen molar-refractivity contribution in [1.29, 1.82) is 0 Å². The van der Waals surface area contributed by atoms with Gasteiger partial charge in [0.25, 0.3) is 0 Å². The number of carbonyl (C=O) groups excluding carboxylic acids is 1. The average molecular weight is 392 g/mol. The highest BCUT2D eigenvalue weighted by Crippen LogP contribution is 2.29. The number of guanidine groups is 1. The number of hydrogen-bond acceptors (Lipinski definition) is 5. The van der Waals surface area contributed by atoms with Crippen molar-refractivity contribution in [2.75, 3.05) is 20.7 Å². The Labute approximate surface area is 167 Å². The molecule has 0 heterocycles. The number of hydrogen-bond donors (Lipinski definition) is 2. The summed E-state index contributed by atoms with van der Waals surface area (Å²) in [5.74, 6) is 1.78. The summed E-state index contributed by atoms with van der Waals surface area (Å²) < 4.78 is 16.8. The van der Waals surface area contributed by atoms with E-state index in [0.29, 0.717) is 12.5 Å². The zero-order valence-corrected chi connectivity index (χ0v) is 17.6. The second kappa shape index (κ2) is 10.2. The van der Waals surface area contributed by atoms with Crippen LogP contribution in [0.15, 0.2) is 23.2 Å². The molecule has 2 rings (SSSR count). The summed E-state index contributed by atoms with van der Waals surface area (Å²) in [6.45, 7) is 6.08. The van der Waals surface area contributed by atoms with Crippen molar-refractivity contribution in [1.82, 2.24) is 10.6 Å². The van der Waals surface area contributed by atoms with Crippen LogP contribution in [-0.4, -0.2) is 44.3 Å². The molecule has 1 aliphatic carbocycles. The van der Waals surface area contributed by atoms with Crippen LogP contribution in [0.3, 0.4) is 0 Å². The molecule has 0 aliphatic heterocycles. The summed E-state index contributed by atoms with van der Waals surface area (Å²) in [5, 5.41) is 6.19. The smallest absolute Gasteiger partial charge is 0.325 e. The number of benzene rings is 1. The van der Waals surface area contributed by atoms with E-state index < -0.39 is 5.60 Å². The lowest BCUT2D eigenvalue weighted by atomic mass is 10.2. The molecule has 0 radical (unpaired) electrons. The fourth-order valence-corrected chi connectivity index (χ4v) is 3.04. The summed E-state index contributed by atoms with van der Waals surface area (Å²) >= 11 is 0. The molecule has 1 fully saturated rings.